The number of hydrogen-bond acceptors (Lipinski definition) is 3. The maximum absolute atomic E-state index is 12.8. The second kappa shape index (κ2) is 6.11. The van der Waals surface area contributed by atoms with Crippen LogP contribution in [0.5, 0.6) is 0 Å². The maximum Gasteiger partial charge on any atom is 0.423 e. The Balaban J connectivity index is 3.11. The lowest BCUT2D eigenvalue weighted by molar-refractivity contribution is -0.388. The number of benzene rings is 1. The number of anilines is 1. The number of nitrogens with one attached hydrogen (secondary N) is 1. The Morgan fingerprint density at radius 3 is 2.40 bits per heavy atom. The van der Waals surface area contributed by atoms with Gasteiger partial charge in [-0.05, 0) is 25.0 Å². The summed E-state index contributed by atoms with van der Waals surface area (Å²) >= 11 is 0. The Labute approximate surface area is 115 Å². The molecule has 1 aromatic rings. The van der Waals surface area contributed by atoms with Gasteiger partial charge in [-0.25, -0.2) is 0 Å². The summed E-state index contributed by atoms with van der Waals surface area (Å²) in [5.74, 6) is 0.277. The molecule has 0 aromatic heterocycles. The van der Waals surface area contributed by atoms with Crippen LogP contribution in [0.15, 0.2) is 18.2 Å². The lowest BCUT2D eigenvalue weighted by Gasteiger charge is -2.21. The van der Waals surface area contributed by atoms with E-state index in [0.29, 0.717) is 0 Å². The molecule has 0 saturated carbocycles. The summed E-state index contributed by atoms with van der Waals surface area (Å²) in [5.41, 5.74) is -1.93. The summed E-state index contributed by atoms with van der Waals surface area (Å²) in [6, 6.07) is 2.94. The van der Waals surface area contributed by atoms with Crippen LogP contribution in [0, 0.1) is 16.0 Å². The van der Waals surface area contributed by atoms with Gasteiger partial charge in [-0.2, -0.15) is 13.2 Å². The zero-order valence-corrected chi connectivity index (χ0v) is 11.5. The second-order valence-electron chi connectivity index (χ2n) is 4.81. The maximum atomic E-state index is 12.8. The summed E-state index contributed by atoms with van der Waals surface area (Å²) in [7, 11) is 0. The molecule has 0 fully saturated rings. The average molecular weight is 290 g/mol. The van der Waals surface area contributed by atoms with E-state index in [2.05, 4.69) is 5.32 Å². The largest absolute Gasteiger partial charge is 0.423 e. The Hall–Kier alpha value is -1.79. The minimum absolute atomic E-state index is 0.0254. The van der Waals surface area contributed by atoms with Crippen molar-refractivity contribution in [2.24, 2.45) is 5.92 Å². The molecule has 2 unspecified atom stereocenters. The summed E-state index contributed by atoms with van der Waals surface area (Å²) in [6.45, 7) is 5.83. The highest BCUT2D eigenvalue weighted by molar-refractivity contribution is 5.55. The Kier molecular flexibility index (Phi) is 4.97. The van der Waals surface area contributed by atoms with Crippen molar-refractivity contribution in [2.45, 2.75) is 39.4 Å². The van der Waals surface area contributed by atoms with Crippen LogP contribution < -0.4 is 5.32 Å². The van der Waals surface area contributed by atoms with Crippen LogP contribution in [0.2, 0.25) is 0 Å². The van der Waals surface area contributed by atoms with Gasteiger partial charge in [0.2, 0.25) is 0 Å². The van der Waals surface area contributed by atoms with Crippen molar-refractivity contribution in [3.63, 3.8) is 0 Å². The minimum atomic E-state index is -4.75. The molecule has 0 amide bonds. The first-order chi connectivity index (χ1) is 9.16. The summed E-state index contributed by atoms with van der Waals surface area (Å²) < 4.78 is 38.5. The first kappa shape index (κ1) is 16.3. The lowest BCUT2D eigenvalue weighted by Crippen LogP contribution is -2.23. The van der Waals surface area contributed by atoms with Crippen molar-refractivity contribution in [3.8, 4) is 0 Å². The number of nitro groups is 1. The number of nitro benzene ring substituents is 1. The molecule has 1 rings (SSSR count). The summed E-state index contributed by atoms with van der Waals surface area (Å²) in [4.78, 5) is 9.62. The fraction of sp³-hybridized carbons (Fsp3) is 0.538. The highest BCUT2D eigenvalue weighted by Crippen LogP contribution is 2.37. The third-order valence-electron chi connectivity index (χ3n) is 3.39. The minimum Gasteiger partial charge on any atom is -0.382 e. The topological polar surface area (TPSA) is 55.2 Å². The van der Waals surface area contributed by atoms with Crippen molar-refractivity contribution >= 4 is 11.4 Å². The molecule has 7 heteroatoms. The predicted molar refractivity (Wildman–Crippen MR) is 70.6 cm³/mol. The molecule has 20 heavy (non-hydrogen) atoms. The van der Waals surface area contributed by atoms with E-state index >= 15 is 0 Å². The molecule has 0 bridgehead atoms. The van der Waals surface area contributed by atoms with E-state index in [4.69, 9.17) is 0 Å². The molecule has 0 spiro atoms. The fourth-order valence-corrected chi connectivity index (χ4v) is 1.77. The molecule has 4 nitrogen and oxygen atoms in total. The zero-order chi connectivity index (χ0) is 15.5. The third kappa shape index (κ3) is 3.85. The third-order valence-corrected chi connectivity index (χ3v) is 3.39. The van der Waals surface area contributed by atoms with Crippen molar-refractivity contribution < 1.29 is 18.1 Å². The molecule has 1 aromatic carbocycles. The van der Waals surface area contributed by atoms with E-state index in [9.17, 15) is 23.3 Å². The molecular weight excluding hydrogens is 273 g/mol. The SMILES string of the molecule is CCC(C)C(C)Nc1ccc([N+](=O)[O-])c(C(F)(F)F)c1. The van der Waals surface area contributed by atoms with E-state index in [-0.39, 0.29) is 17.6 Å². The smallest absolute Gasteiger partial charge is 0.382 e. The Bertz CT molecular complexity index is 489. The van der Waals surface area contributed by atoms with Crippen LogP contribution in [0.25, 0.3) is 0 Å². The van der Waals surface area contributed by atoms with Gasteiger partial charge in [-0.1, -0.05) is 20.3 Å². The van der Waals surface area contributed by atoms with Crippen LogP contribution in [0.3, 0.4) is 0 Å². The van der Waals surface area contributed by atoms with Crippen molar-refractivity contribution in [3.05, 3.63) is 33.9 Å². The van der Waals surface area contributed by atoms with Gasteiger partial charge in [-0.3, -0.25) is 10.1 Å². The van der Waals surface area contributed by atoms with Gasteiger partial charge in [0.05, 0.1) is 4.92 Å². The first-order valence-electron chi connectivity index (χ1n) is 6.29. The van der Waals surface area contributed by atoms with Gasteiger partial charge < -0.3 is 5.32 Å². The standard InChI is InChI=1S/C13H17F3N2O2/c1-4-8(2)9(3)17-10-5-6-12(18(19)20)11(7-10)13(14,15)16/h5-9,17H,4H2,1-3H3. The monoisotopic (exact) mass is 290 g/mol. The van der Waals surface area contributed by atoms with E-state index in [1.54, 1.807) is 0 Å². The zero-order valence-electron chi connectivity index (χ0n) is 11.5. The Morgan fingerprint density at radius 1 is 1.35 bits per heavy atom. The first-order valence-corrected chi connectivity index (χ1v) is 6.29. The fourth-order valence-electron chi connectivity index (χ4n) is 1.77. The highest BCUT2D eigenvalue weighted by atomic mass is 19.4. The van der Waals surface area contributed by atoms with Crippen LogP contribution >= 0.6 is 0 Å². The molecule has 0 aliphatic rings. The molecule has 2 atom stereocenters. The predicted octanol–water partition coefficient (Wildman–Crippen LogP) is 4.46. The molecule has 0 saturated heterocycles. The highest BCUT2D eigenvalue weighted by Gasteiger charge is 2.38. The van der Waals surface area contributed by atoms with Crippen molar-refractivity contribution in [1.82, 2.24) is 0 Å². The number of nitrogens with zero attached hydrogens (tertiary/aromatic N) is 1. The van der Waals surface area contributed by atoms with Crippen LogP contribution in [0.1, 0.15) is 32.8 Å². The number of halogens is 3. The van der Waals surface area contributed by atoms with Gasteiger partial charge in [0.15, 0.2) is 0 Å². The molecule has 1 N–H and O–H groups in total. The number of rotatable bonds is 5. The van der Waals surface area contributed by atoms with Crippen LogP contribution in [-0.4, -0.2) is 11.0 Å². The van der Waals surface area contributed by atoms with E-state index in [0.717, 1.165) is 18.6 Å². The van der Waals surface area contributed by atoms with Gasteiger partial charge in [0.1, 0.15) is 5.56 Å². The lowest BCUT2D eigenvalue weighted by atomic mass is 10.0. The number of hydrogen-bond donors (Lipinski definition) is 1. The number of alkyl halides is 3. The normalized spacial score (nSPS) is 14.7. The van der Waals surface area contributed by atoms with Gasteiger partial charge in [0, 0.05) is 17.8 Å². The van der Waals surface area contributed by atoms with Gasteiger partial charge in [-0.15, -0.1) is 0 Å². The van der Waals surface area contributed by atoms with Crippen molar-refractivity contribution in [1.29, 1.82) is 0 Å². The molecular formula is C13H17F3N2O2. The molecule has 0 aliphatic carbocycles. The molecule has 0 aliphatic heterocycles. The Morgan fingerprint density at radius 2 is 1.95 bits per heavy atom. The van der Waals surface area contributed by atoms with Gasteiger partial charge >= 0.3 is 6.18 Å². The van der Waals surface area contributed by atoms with Crippen LogP contribution in [0.4, 0.5) is 24.5 Å². The van der Waals surface area contributed by atoms with Crippen LogP contribution in [-0.2, 0) is 6.18 Å². The summed E-state index contributed by atoms with van der Waals surface area (Å²) in [5, 5.41) is 13.6. The van der Waals surface area contributed by atoms with E-state index < -0.39 is 22.4 Å². The second-order valence-corrected chi connectivity index (χ2v) is 4.81. The van der Waals surface area contributed by atoms with Gasteiger partial charge in [0.25, 0.3) is 5.69 Å². The van der Waals surface area contributed by atoms with Crippen molar-refractivity contribution in [2.75, 3.05) is 5.32 Å². The molecule has 112 valence electrons. The quantitative estimate of drug-likeness (QED) is 0.643. The average Bonchev–Trinajstić information content (AvgIpc) is 2.36. The molecule has 0 radical (unpaired) electrons. The van der Waals surface area contributed by atoms with E-state index in [1.807, 2.05) is 20.8 Å². The summed E-state index contributed by atoms with van der Waals surface area (Å²) in [6.07, 6.45) is -3.87. The molecule has 0 heterocycles. The van der Waals surface area contributed by atoms with E-state index in [1.165, 1.54) is 6.07 Å².